The van der Waals surface area contributed by atoms with Crippen LogP contribution in [0.15, 0.2) is 39.7 Å². The van der Waals surface area contributed by atoms with Gasteiger partial charge in [0.25, 0.3) is 10.0 Å². The third-order valence-electron chi connectivity index (χ3n) is 2.78. The Kier molecular flexibility index (Phi) is 4.46. The summed E-state index contributed by atoms with van der Waals surface area (Å²) >= 11 is 8.93. The quantitative estimate of drug-likeness (QED) is 0.776. The molecule has 0 aliphatic carbocycles. The molecule has 112 valence electrons. The fourth-order valence-corrected chi connectivity index (χ4v) is 4.02. The molecule has 0 aromatic heterocycles. The van der Waals surface area contributed by atoms with Crippen molar-refractivity contribution >= 4 is 48.9 Å². The van der Waals surface area contributed by atoms with E-state index in [9.17, 15) is 12.8 Å². The van der Waals surface area contributed by atoms with Gasteiger partial charge in [-0.2, -0.15) is 0 Å². The molecule has 0 spiro atoms. The first-order chi connectivity index (χ1) is 9.72. The standard InChI is InChI=1S/C13H11BrClFN2O2S/c1-7-5-8(14)10(16)6-12(7)18-21(19,20)13-9(15)3-2-4-11(13)17/h2-6,18H,17H2,1H3. The summed E-state index contributed by atoms with van der Waals surface area (Å²) in [5.74, 6) is -0.578. The van der Waals surface area contributed by atoms with Crippen LogP contribution < -0.4 is 10.5 Å². The molecule has 0 aliphatic heterocycles. The summed E-state index contributed by atoms with van der Waals surface area (Å²) in [6, 6.07) is 6.95. The Morgan fingerprint density at radius 1 is 1.33 bits per heavy atom. The maximum absolute atomic E-state index is 13.6. The van der Waals surface area contributed by atoms with Gasteiger partial charge in [0.15, 0.2) is 0 Å². The molecule has 3 N–H and O–H groups in total. The van der Waals surface area contributed by atoms with Gasteiger partial charge in [-0.15, -0.1) is 0 Å². The van der Waals surface area contributed by atoms with Crippen LogP contribution in [-0.2, 0) is 10.0 Å². The third kappa shape index (κ3) is 3.30. The lowest BCUT2D eigenvalue weighted by molar-refractivity contribution is 0.601. The molecular weight excluding hydrogens is 383 g/mol. The van der Waals surface area contributed by atoms with Crippen LogP contribution in [0.3, 0.4) is 0 Å². The molecule has 2 rings (SSSR count). The molecule has 0 radical (unpaired) electrons. The van der Waals surface area contributed by atoms with Crippen molar-refractivity contribution in [1.82, 2.24) is 0 Å². The minimum absolute atomic E-state index is 0.00210. The topological polar surface area (TPSA) is 72.2 Å². The van der Waals surface area contributed by atoms with E-state index < -0.39 is 15.8 Å². The van der Waals surface area contributed by atoms with E-state index in [0.717, 1.165) is 6.07 Å². The second kappa shape index (κ2) is 5.82. The normalized spacial score (nSPS) is 11.4. The maximum atomic E-state index is 13.6. The first-order valence-electron chi connectivity index (χ1n) is 5.75. The maximum Gasteiger partial charge on any atom is 0.265 e. The van der Waals surface area contributed by atoms with Crippen molar-refractivity contribution in [2.45, 2.75) is 11.8 Å². The Hall–Kier alpha value is -1.31. The summed E-state index contributed by atoms with van der Waals surface area (Å²) in [5, 5.41) is -0.00210. The number of rotatable bonds is 3. The molecule has 2 aromatic rings. The first-order valence-corrected chi connectivity index (χ1v) is 8.40. The number of anilines is 2. The van der Waals surface area contributed by atoms with Crippen LogP contribution in [0.25, 0.3) is 0 Å². The van der Waals surface area contributed by atoms with Gasteiger partial charge in [0, 0.05) is 0 Å². The molecule has 0 atom stereocenters. The van der Waals surface area contributed by atoms with Crippen molar-refractivity contribution < 1.29 is 12.8 Å². The van der Waals surface area contributed by atoms with Crippen molar-refractivity contribution in [3.63, 3.8) is 0 Å². The van der Waals surface area contributed by atoms with E-state index in [1.54, 1.807) is 13.0 Å². The van der Waals surface area contributed by atoms with E-state index in [1.165, 1.54) is 18.2 Å². The summed E-state index contributed by atoms with van der Waals surface area (Å²) in [6.07, 6.45) is 0. The summed E-state index contributed by atoms with van der Waals surface area (Å²) in [5.41, 5.74) is 6.36. The number of benzene rings is 2. The summed E-state index contributed by atoms with van der Waals surface area (Å²) < 4.78 is 40.9. The van der Waals surface area contributed by atoms with Crippen molar-refractivity contribution in [1.29, 1.82) is 0 Å². The molecule has 0 amide bonds. The lowest BCUT2D eigenvalue weighted by Crippen LogP contribution is -2.16. The highest BCUT2D eigenvalue weighted by Gasteiger charge is 2.22. The van der Waals surface area contributed by atoms with Gasteiger partial charge in [-0.25, -0.2) is 12.8 Å². The minimum Gasteiger partial charge on any atom is -0.398 e. The second-order valence-corrected chi connectivity index (χ2v) is 7.23. The van der Waals surface area contributed by atoms with Crippen molar-refractivity contribution in [3.05, 3.63) is 51.2 Å². The van der Waals surface area contributed by atoms with Crippen LogP contribution in [0.4, 0.5) is 15.8 Å². The molecule has 0 unspecified atom stereocenters. The Morgan fingerprint density at radius 3 is 2.62 bits per heavy atom. The zero-order valence-corrected chi connectivity index (χ0v) is 14.0. The number of halogens is 3. The van der Waals surface area contributed by atoms with Crippen molar-refractivity contribution in [2.24, 2.45) is 0 Å². The van der Waals surface area contributed by atoms with Gasteiger partial charge in [-0.05, 0) is 52.7 Å². The highest BCUT2D eigenvalue weighted by molar-refractivity contribution is 9.10. The monoisotopic (exact) mass is 392 g/mol. The molecule has 0 saturated heterocycles. The molecule has 0 bridgehead atoms. The SMILES string of the molecule is Cc1cc(Br)c(F)cc1NS(=O)(=O)c1c(N)cccc1Cl. The molecule has 0 heterocycles. The Labute approximate surface area is 135 Å². The summed E-state index contributed by atoms with van der Waals surface area (Å²) in [6.45, 7) is 1.65. The molecule has 0 fully saturated rings. The number of hydrogen-bond acceptors (Lipinski definition) is 3. The van der Waals surface area contributed by atoms with Crippen LogP contribution >= 0.6 is 27.5 Å². The van der Waals surface area contributed by atoms with Crippen molar-refractivity contribution in [3.8, 4) is 0 Å². The molecule has 8 heteroatoms. The van der Waals surface area contributed by atoms with Gasteiger partial charge in [0.2, 0.25) is 0 Å². The second-order valence-electron chi connectivity index (χ2n) is 4.34. The first kappa shape index (κ1) is 16.1. The number of sulfonamides is 1. The highest BCUT2D eigenvalue weighted by atomic mass is 79.9. The lowest BCUT2D eigenvalue weighted by Gasteiger charge is -2.13. The van der Waals surface area contributed by atoms with Gasteiger partial charge < -0.3 is 5.73 Å². The molecule has 0 saturated carbocycles. The molecule has 4 nitrogen and oxygen atoms in total. The fourth-order valence-electron chi connectivity index (χ4n) is 1.76. The fraction of sp³-hybridized carbons (Fsp3) is 0.0769. The number of nitrogen functional groups attached to an aromatic ring is 1. The third-order valence-corrected chi connectivity index (χ3v) is 5.29. The molecular formula is C13H11BrClFN2O2S. The van der Waals surface area contributed by atoms with Crippen LogP contribution in [0.2, 0.25) is 5.02 Å². The minimum atomic E-state index is -4.02. The molecule has 21 heavy (non-hydrogen) atoms. The predicted molar refractivity (Wildman–Crippen MR) is 85.5 cm³/mol. The van der Waals surface area contributed by atoms with Crippen LogP contribution in [0.1, 0.15) is 5.56 Å². The van der Waals surface area contributed by atoms with Gasteiger partial charge in [0.1, 0.15) is 10.7 Å². The van der Waals surface area contributed by atoms with E-state index in [0.29, 0.717) is 5.56 Å². The van der Waals surface area contributed by atoms with Crippen molar-refractivity contribution in [2.75, 3.05) is 10.5 Å². The van der Waals surface area contributed by atoms with Gasteiger partial charge in [-0.3, -0.25) is 4.72 Å². The van der Waals surface area contributed by atoms with Crippen LogP contribution in [0.5, 0.6) is 0 Å². The number of nitrogens with one attached hydrogen (secondary N) is 1. The number of aryl methyl sites for hydroxylation is 1. The van der Waals surface area contributed by atoms with Gasteiger partial charge >= 0.3 is 0 Å². The van der Waals surface area contributed by atoms with Gasteiger partial charge in [0.05, 0.1) is 20.9 Å². The van der Waals surface area contributed by atoms with E-state index in [4.69, 9.17) is 17.3 Å². The van der Waals surface area contributed by atoms with Crippen LogP contribution in [-0.4, -0.2) is 8.42 Å². The zero-order chi connectivity index (χ0) is 15.8. The smallest absolute Gasteiger partial charge is 0.265 e. The summed E-state index contributed by atoms with van der Waals surface area (Å²) in [4.78, 5) is -0.227. The number of hydrogen-bond donors (Lipinski definition) is 2. The summed E-state index contributed by atoms with van der Waals surface area (Å²) in [7, 11) is -4.02. The van der Waals surface area contributed by atoms with Gasteiger partial charge in [-0.1, -0.05) is 17.7 Å². The molecule has 2 aromatic carbocycles. The zero-order valence-electron chi connectivity index (χ0n) is 10.8. The largest absolute Gasteiger partial charge is 0.398 e. The van der Waals surface area contributed by atoms with E-state index >= 15 is 0 Å². The highest BCUT2D eigenvalue weighted by Crippen LogP contribution is 2.31. The Bertz CT molecular complexity index is 792. The average molecular weight is 394 g/mol. The number of nitrogens with two attached hydrogens (primary N) is 1. The van der Waals surface area contributed by atoms with E-state index in [1.807, 2.05) is 0 Å². The predicted octanol–water partition coefficient (Wildman–Crippen LogP) is 3.93. The Balaban J connectivity index is 2.50. The van der Waals surface area contributed by atoms with E-state index in [2.05, 4.69) is 20.7 Å². The average Bonchev–Trinajstić information content (AvgIpc) is 2.35. The molecule has 0 aliphatic rings. The van der Waals surface area contributed by atoms with Crippen LogP contribution in [0, 0.1) is 12.7 Å². The Morgan fingerprint density at radius 2 is 2.00 bits per heavy atom. The van der Waals surface area contributed by atoms with E-state index in [-0.39, 0.29) is 25.8 Å². The lowest BCUT2D eigenvalue weighted by atomic mass is 10.2.